The van der Waals surface area contributed by atoms with Crippen molar-refractivity contribution in [3.63, 3.8) is 0 Å². The van der Waals surface area contributed by atoms with Gasteiger partial charge in [0.15, 0.2) is 0 Å². The van der Waals surface area contributed by atoms with E-state index in [1.165, 1.54) is 18.9 Å². The predicted octanol–water partition coefficient (Wildman–Crippen LogP) is 1.52. The van der Waals surface area contributed by atoms with Crippen molar-refractivity contribution in [2.45, 2.75) is 11.8 Å². The number of rotatable bonds is 3. The van der Waals surface area contributed by atoms with Crippen LogP contribution in [0.3, 0.4) is 0 Å². The van der Waals surface area contributed by atoms with Crippen LogP contribution in [-0.2, 0) is 9.53 Å². The summed E-state index contributed by atoms with van der Waals surface area (Å²) < 4.78 is 4.48. The van der Waals surface area contributed by atoms with Gasteiger partial charge >= 0.3 is 5.97 Å². The fourth-order valence-corrected chi connectivity index (χ4v) is 1.61. The Hall–Kier alpha value is 0.110. The van der Waals surface area contributed by atoms with Crippen molar-refractivity contribution in [3.8, 4) is 0 Å². The highest BCUT2D eigenvalue weighted by Crippen LogP contribution is 2.20. The largest absolute Gasteiger partial charge is 0.468 e. The Morgan fingerprint density at radius 3 is 2.60 bits per heavy atom. The quantitative estimate of drug-likeness (QED) is 0.489. The Labute approximate surface area is 70.3 Å². The van der Waals surface area contributed by atoms with Crippen LogP contribution >= 0.6 is 23.4 Å². The van der Waals surface area contributed by atoms with E-state index in [1.54, 1.807) is 6.92 Å². The second-order valence-corrected chi connectivity index (χ2v) is 3.82. The van der Waals surface area contributed by atoms with Gasteiger partial charge in [0.2, 0.25) is 0 Å². The van der Waals surface area contributed by atoms with Crippen LogP contribution in [0.5, 0.6) is 0 Å². The molecule has 10 heavy (non-hydrogen) atoms. The molecule has 0 fully saturated rings. The minimum atomic E-state index is -0.867. The molecule has 0 aliphatic carbocycles. The summed E-state index contributed by atoms with van der Waals surface area (Å²) >= 11 is 7.31. The number of hydrogen-bond donors (Lipinski definition) is 0. The highest BCUT2D eigenvalue weighted by molar-refractivity contribution is 7.98. The molecule has 4 heteroatoms. The van der Waals surface area contributed by atoms with E-state index in [9.17, 15) is 4.79 Å². The minimum Gasteiger partial charge on any atom is -0.468 e. The Morgan fingerprint density at radius 2 is 2.30 bits per heavy atom. The number of esters is 1. The lowest BCUT2D eigenvalue weighted by molar-refractivity contribution is -0.142. The summed E-state index contributed by atoms with van der Waals surface area (Å²) in [6, 6.07) is 0. The molecule has 0 aromatic heterocycles. The summed E-state index contributed by atoms with van der Waals surface area (Å²) in [5.41, 5.74) is 0. The summed E-state index contributed by atoms with van der Waals surface area (Å²) in [4.78, 5) is 9.99. The third-order valence-electron chi connectivity index (χ3n) is 1.03. The van der Waals surface area contributed by atoms with Crippen LogP contribution in [0, 0.1) is 0 Å². The molecule has 0 amide bonds. The topological polar surface area (TPSA) is 26.3 Å². The van der Waals surface area contributed by atoms with Gasteiger partial charge in [-0.25, -0.2) is 0 Å². The number of carbonyl (C=O) groups excluding carboxylic acids is 1. The summed E-state index contributed by atoms with van der Waals surface area (Å²) in [6.07, 6.45) is 1.89. The van der Waals surface area contributed by atoms with Crippen LogP contribution in [0.15, 0.2) is 0 Å². The predicted molar refractivity (Wildman–Crippen MR) is 44.7 cm³/mol. The first-order valence-corrected chi connectivity index (χ1v) is 4.58. The molecule has 0 rings (SSSR count). The van der Waals surface area contributed by atoms with E-state index in [4.69, 9.17) is 11.6 Å². The molecule has 0 saturated carbocycles. The van der Waals surface area contributed by atoms with Crippen molar-refractivity contribution in [1.29, 1.82) is 0 Å². The van der Waals surface area contributed by atoms with E-state index < -0.39 is 4.87 Å². The van der Waals surface area contributed by atoms with Gasteiger partial charge in [-0.3, -0.25) is 4.79 Å². The molecule has 0 aromatic carbocycles. The van der Waals surface area contributed by atoms with E-state index in [2.05, 4.69) is 4.74 Å². The van der Waals surface area contributed by atoms with E-state index in [-0.39, 0.29) is 5.97 Å². The minimum absolute atomic E-state index is 0.372. The lowest BCUT2D eigenvalue weighted by Crippen LogP contribution is -2.32. The molecule has 2 nitrogen and oxygen atoms in total. The van der Waals surface area contributed by atoms with Gasteiger partial charge in [-0.05, 0) is 13.2 Å². The van der Waals surface area contributed by atoms with Crippen LogP contribution in [0.4, 0.5) is 0 Å². The first kappa shape index (κ1) is 10.1. The Balaban J connectivity index is 3.96. The molecule has 1 atom stereocenters. The second-order valence-electron chi connectivity index (χ2n) is 2.12. The van der Waals surface area contributed by atoms with Crippen LogP contribution in [-0.4, -0.2) is 30.0 Å². The Morgan fingerprint density at radius 1 is 1.80 bits per heavy atom. The van der Waals surface area contributed by atoms with Crippen LogP contribution in [0.1, 0.15) is 6.92 Å². The van der Waals surface area contributed by atoms with Crippen molar-refractivity contribution >= 4 is 29.3 Å². The van der Waals surface area contributed by atoms with Crippen LogP contribution in [0.2, 0.25) is 0 Å². The lowest BCUT2D eigenvalue weighted by Gasteiger charge is -2.16. The smallest absolute Gasteiger partial charge is 0.327 e. The fraction of sp³-hybridized carbons (Fsp3) is 0.833. The number of hydrogen-bond acceptors (Lipinski definition) is 3. The Bertz CT molecular complexity index is 125. The van der Waals surface area contributed by atoms with E-state index in [0.29, 0.717) is 5.75 Å². The van der Waals surface area contributed by atoms with E-state index in [1.807, 2.05) is 6.26 Å². The Kier molecular flexibility index (Phi) is 4.13. The van der Waals surface area contributed by atoms with Crippen molar-refractivity contribution < 1.29 is 9.53 Å². The monoisotopic (exact) mass is 182 g/mol. The number of alkyl halides is 1. The third-order valence-corrected chi connectivity index (χ3v) is 2.34. The molecule has 0 aliphatic rings. The highest BCUT2D eigenvalue weighted by atomic mass is 35.5. The first-order chi connectivity index (χ1) is 4.54. The molecule has 0 aromatic rings. The zero-order chi connectivity index (χ0) is 8.20. The van der Waals surface area contributed by atoms with Crippen molar-refractivity contribution in [1.82, 2.24) is 0 Å². The van der Waals surface area contributed by atoms with Gasteiger partial charge in [0.1, 0.15) is 4.87 Å². The van der Waals surface area contributed by atoms with Crippen LogP contribution in [0.25, 0.3) is 0 Å². The molecule has 1 unspecified atom stereocenters. The average molecular weight is 183 g/mol. The van der Waals surface area contributed by atoms with Crippen molar-refractivity contribution in [2.75, 3.05) is 19.1 Å². The second kappa shape index (κ2) is 4.09. The molecule has 0 bridgehead atoms. The summed E-state index contributed by atoms with van der Waals surface area (Å²) in [5, 5.41) is 0. The molecule has 0 N–H and O–H groups in total. The molecule has 0 aliphatic heterocycles. The van der Waals surface area contributed by atoms with Gasteiger partial charge in [0, 0.05) is 5.75 Å². The summed E-state index contributed by atoms with van der Waals surface area (Å²) in [6.45, 7) is 1.65. The zero-order valence-electron chi connectivity index (χ0n) is 6.31. The maximum Gasteiger partial charge on any atom is 0.327 e. The summed E-state index contributed by atoms with van der Waals surface area (Å²) in [5.74, 6) is 0.199. The van der Waals surface area contributed by atoms with Crippen LogP contribution < -0.4 is 0 Å². The maximum absolute atomic E-state index is 10.9. The van der Waals surface area contributed by atoms with E-state index >= 15 is 0 Å². The molecule has 0 radical (unpaired) electrons. The van der Waals surface area contributed by atoms with E-state index in [0.717, 1.165) is 0 Å². The van der Waals surface area contributed by atoms with Gasteiger partial charge in [-0.15, -0.1) is 11.6 Å². The highest BCUT2D eigenvalue weighted by Gasteiger charge is 2.30. The fourth-order valence-electron chi connectivity index (χ4n) is 0.543. The van der Waals surface area contributed by atoms with Crippen molar-refractivity contribution in [3.05, 3.63) is 0 Å². The van der Waals surface area contributed by atoms with Gasteiger partial charge in [-0.1, -0.05) is 0 Å². The standard InChI is InChI=1S/C6H11ClO2S/c1-6(7,4-10-3)5(8)9-2/h4H2,1-3H3. The van der Waals surface area contributed by atoms with Crippen molar-refractivity contribution in [2.24, 2.45) is 0 Å². The normalized spacial score (nSPS) is 16.0. The summed E-state index contributed by atoms with van der Waals surface area (Å²) in [7, 11) is 1.34. The first-order valence-electron chi connectivity index (χ1n) is 2.81. The van der Waals surface area contributed by atoms with Gasteiger partial charge < -0.3 is 4.74 Å². The number of ether oxygens (including phenoxy) is 1. The van der Waals surface area contributed by atoms with Gasteiger partial charge in [-0.2, -0.15) is 11.8 Å². The molecule has 60 valence electrons. The molecular weight excluding hydrogens is 172 g/mol. The number of methoxy groups -OCH3 is 1. The molecule has 0 saturated heterocycles. The third kappa shape index (κ3) is 2.80. The number of halogens is 1. The molecule has 0 spiro atoms. The zero-order valence-corrected chi connectivity index (χ0v) is 7.88. The van der Waals surface area contributed by atoms with Gasteiger partial charge in [0.25, 0.3) is 0 Å². The molecule has 0 heterocycles. The molecular formula is C6H11ClO2S. The number of thioether (sulfide) groups is 1. The van der Waals surface area contributed by atoms with Gasteiger partial charge in [0.05, 0.1) is 7.11 Å². The average Bonchev–Trinajstić information content (AvgIpc) is 1.86. The lowest BCUT2D eigenvalue weighted by atomic mass is 10.2. The number of carbonyl (C=O) groups is 1. The SMILES string of the molecule is COC(=O)C(C)(Cl)CSC. The maximum atomic E-state index is 10.9.